The number of hydrogen-bond donors (Lipinski definition) is 3. The summed E-state index contributed by atoms with van der Waals surface area (Å²) in [6.07, 6.45) is 0.678. The minimum absolute atomic E-state index is 0.204. The number of carbonyl (C=O) groups is 1. The average molecular weight is 335 g/mol. The Morgan fingerprint density at radius 1 is 1.21 bits per heavy atom. The van der Waals surface area contributed by atoms with Gasteiger partial charge in [0.1, 0.15) is 11.6 Å². The Balaban J connectivity index is 1.63. The first-order valence-corrected chi connectivity index (χ1v) is 8.34. The molecule has 3 heterocycles. The number of nitrogen functional groups attached to an aromatic ring is 1. The number of amides is 1. The van der Waals surface area contributed by atoms with Crippen molar-refractivity contribution in [2.75, 3.05) is 62.3 Å². The van der Waals surface area contributed by atoms with E-state index in [1.54, 1.807) is 0 Å². The van der Waals surface area contributed by atoms with Crippen molar-refractivity contribution in [1.29, 1.82) is 0 Å². The second kappa shape index (κ2) is 7.08. The van der Waals surface area contributed by atoms with Gasteiger partial charge < -0.3 is 30.9 Å². The smallest absolute Gasteiger partial charge is 0.407 e. The number of hydrogen-bond acceptors (Lipinski definition) is 7. The highest BCUT2D eigenvalue weighted by Crippen LogP contribution is 2.21. The Labute approximate surface area is 141 Å². The summed E-state index contributed by atoms with van der Waals surface area (Å²) >= 11 is 0. The van der Waals surface area contributed by atoms with E-state index in [9.17, 15) is 4.79 Å². The molecule has 0 unspecified atom stereocenters. The molecule has 9 nitrogen and oxygen atoms in total. The van der Waals surface area contributed by atoms with Gasteiger partial charge in [-0.05, 0) is 19.9 Å². The van der Waals surface area contributed by atoms with Crippen molar-refractivity contribution in [3.63, 3.8) is 0 Å². The SMILES string of the molecule is CN1CCN(c2cc(NC3CCN(C(=O)O)CC3)nc(N)n2)CC1. The fourth-order valence-electron chi connectivity index (χ4n) is 3.15. The molecule has 1 aromatic heterocycles. The molecule has 2 aliphatic heterocycles. The van der Waals surface area contributed by atoms with Gasteiger partial charge in [-0.25, -0.2) is 4.79 Å². The predicted octanol–water partition coefficient (Wildman–Crippen LogP) is 0.365. The first-order valence-electron chi connectivity index (χ1n) is 8.34. The van der Waals surface area contributed by atoms with Gasteiger partial charge in [0, 0.05) is 51.4 Å². The van der Waals surface area contributed by atoms with Gasteiger partial charge in [-0.1, -0.05) is 0 Å². The van der Waals surface area contributed by atoms with Crippen LogP contribution in [0.3, 0.4) is 0 Å². The molecule has 0 atom stereocenters. The molecule has 1 aromatic rings. The number of likely N-dealkylation sites (N-methyl/N-ethyl adjacent to an activating group) is 1. The van der Waals surface area contributed by atoms with E-state index in [0.717, 1.165) is 44.8 Å². The van der Waals surface area contributed by atoms with Gasteiger partial charge in [0.25, 0.3) is 0 Å². The maximum absolute atomic E-state index is 11.0. The van der Waals surface area contributed by atoms with Gasteiger partial charge in [-0.3, -0.25) is 0 Å². The topological polar surface area (TPSA) is 111 Å². The highest BCUT2D eigenvalue weighted by atomic mass is 16.4. The average Bonchev–Trinajstić information content (AvgIpc) is 2.55. The Hall–Kier alpha value is -2.29. The zero-order chi connectivity index (χ0) is 17.1. The van der Waals surface area contributed by atoms with Crippen molar-refractivity contribution in [2.24, 2.45) is 0 Å². The van der Waals surface area contributed by atoms with Gasteiger partial charge >= 0.3 is 6.09 Å². The zero-order valence-electron chi connectivity index (χ0n) is 14.0. The van der Waals surface area contributed by atoms with E-state index in [0.29, 0.717) is 18.9 Å². The van der Waals surface area contributed by atoms with Crippen molar-refractivity contribution < 1.29 is 9.90 Å². The fraction of sp³-hybridized carbons (Fsp3) is 0.667. The second-order valence-electron chi connectivity index (χ2n) is 6.45. The third kappa shape index (κ3) is 3.97. The Morgan fingerprint density at radius 3 is 2.50 bits per heavy atom. The predicted molar refractivity (Wildman–Crippen MR) is 92.4 cm³/mol. The van der Waals surface area contributed by atoms with Crippen molar-refractivity contribution in [3.8, 4) is 0 Å². The molecule has 9 heteroatoms. The number of nitrogens with zero attached hydrogens (tertiary/aromatic N) is 5. The number of anilines is 3. The van der Waals surface area contributed by atoms with Crippen LogP contribution in [-0.4, -0.2) is 83.3 Å². The van der Waals surface area contributed by atoms with E-state index in [4.69, 9.17) is 10.8 Å². The molecule has 2 aliphatic rings. The third-order valence-electron chi connectivity index (χ3n) is 4.67. The summed E-state index contributed by atoms with van der Waals surface area (Å²) in [5, 5.41) is 12.4. The van der Waals surface area contributed by atoms with Gasteiger partial charge in [0.15, 0.2) is 0 Å². The van der Waals surface area contributed by atoms with Crippen molar-refractivity contribution in [1.82, 2.24) is 19.8 Å². The molecule has 24 heavy (non-hydrogen) atoms. The fourth-order valence-corrected chi connectivity index (χ4v) is 3.15. The number of rotatable bonds is 3. The Kier molecular flexibility index (Phi) is 4.89. The van der Waals surface area contributed by atoms with E-state index in [2.05, 4.69) is 32.1 Å². The summed E-state index contributed by atoms with van der Waals surface area (Å²) in [6.45, 7) is 4.92. The first kappa shape index (κ1) is 16.6. The van der Waals surface area contributed by atoms with E-state index < -0.39 is 6.09 Å². The molecule has 0 aliphatic carbocycles. The van der Waals surface area contributed by atoms with Crippen LogP contribution < -0.4 is 16.0 Å². The van der Waals surface area contributed by atoms with Crippen LogP contribution in [0.2, 0.25) is 0 Å². The summed E-state index contributed by atoms with van der Waals surface area (Å²) in [5.74, 6) is 1.82. The Morgan fingerprint density at radius 2 is 1.88 bits per heavy atom. The monoisotopic (exact) mass is 335 g/mol. The summed E-state index contributed by atoms with van der Waals surface area (Å²) in [7, 11) is 2.11. The standard InChI is InChI=1S/C15H25N7O2/c1-20-6-8-21(9-7-20)13-10-12(18-14(16)19-13)17-11-2-4-22(5-3-11)15(23)24/h10-11H,2-9H2,1H3,(H,23,24)(H3,16,17,18,19). The van der Waals surface area contributed by atoms with Crippen LogP contribution in [0.15, 0.2) is 6.07 Å². The summed E-state index contributed by atoms with van der Waals surface area (Å²) < 4.78 is 0. The zero-order valence-corrected chi connectivity index (χ0v) is 14.0. The number of carboxylic acid groups (broad SMARTS) is 1. The summed E-state index contributed by atoms with van der Waals surface area (Å²) in [4.78, 5) is 25.6. The van der Waals surface area contributed by atoms with Crippen LogP contribution in [0.1, 0.15) is 12.8 Å². The molecule has 2 fully saturated rings. The van der Waals surface area contributed by atoms with Crippen LogP contribution in [0.4, 0.5) is 22.4 Å². The number of likely N-dealkylation sites (tertiary alicyclic amines) is 1. The number of nitrogens with one attached hydrogen (secondary N) is 1. The Bertz CT molecular complexity index is 581. The molecule has 4 N–H and O–H groups in total. The minimum atomic E-state index is -0.850. The van der Waals surface area contributed by atoms with E-state index >= 15 is 0 Å². The van der Waals surface area contributed by atoms with Gasteiger partial charge in [-0.2, -0.15) is 9.97 Å². The lowest BCUT2D eigenvalue weighted by Crippen LogP contribution is -2.45. The first-order chi connectivity index (χ1) is 11.5. The quantitative estimate of drug-likeness (QED) is 0.726. The molecule has 0 spiro atoms. The van der Waals surface area contributed by atoms with Gasteiger partial charge in [0.05, 0.1) is 0 Å². The molecular formula is C15H25N7O2. The molecule has 1 amide bonds. The highest BCUT2D eigenvalue weighted by molar-refractivity contribution is 5.65. The summed E-state index contributed by atoms with van der Waals surface area (Å²) in [6, 6.07) is 2.14. The molecule has 0 aromatic carbocycles. The molecule has 2 saturated heterocycles. The molecule has 132 valence electrons. The van der Waals surface area contributed by atoms with E-state index in [1.807, 2.05) is 6.07 Å². The number of aromatic nitrogens is 2. The van der Waals surface area contributed by atoms with E-state index in [-0.39, 0.29) is 12.0 Å². The second-order valence-corrected chi connectivity index (χ2v) is 6.45. The molecular weight excluding hydrogens is 310 g/mol. The molecule has 0 bridgehead atoms. The van der Waals surface area contributed by atoms with Gasteiger partial charge in [-0.15, -0.1) is 0 Å². The lowest BCUT2D eigenvalue weighted by atomic mass is 10.1. The highest BCUT2D eigenvalue weighted by Gasteiger charge is 2.23. The lowest BCUT2D eigenvalue weighted by molar-refractivity contribution is 0.134. The van der Waals surface area contributed by atoms with Crippen LogP contribution in [0.25, 0.3) is 0 Å². The van der Waals surface area contributed by atoms with Crippen LogP contribution >= 0.6 is 0 Å². The van der Waals surface area contributed by atoms with Crippen LogP contribution in [-0.2, 0) is 0 Å². The maximum Gasteiger partial charge on any atom is 0.407 e. The van der Waals surface area contributed by atoms with Crippen molar-refractivity contribution in [3.05, 3.63) is 6.07 Å². The lowest BCUT2D eigenvalue weighted by Gasteiger charge is -2.34. The molecule has 3 rings (SSSR count). The maximum atomic E-state index is 11.0. The normalized spacial score (nSPS) is 20.2. The summed E-state index contributed by atoms with van der Waals surface area (Å²) in [5.41, 5.74) is 5.88. The minimum Gasteiger partial charge on any atom is -0.465 e. The largest absolute Gasteiger partial charge is 0.465 e. The third-order valence-corrected chi connectivity index (χ3v) is 4.67. The van der Waals surface area contributed by atoms with E-state index in [1.165, 1.54) is 4.90 Å². The number of piperidine rings is 1. The van der Waals surface area contributed by atoms with Crippen LogP contribution in [0, 0.1) is 0 Å². The van der Waals surface area contributed by atoms with Crippen molar-refractivity contribution >= 4 is 23.7 Å². The number of nitrogens with two attached hydrogens (primary N) is 1. The molecule has 0 saturated carbocycles. The molecule has 0 radical (unpaired) electrons. The van der Waals surface area contributed by atoms with Crippen LogP contribution in [0.5, 0.6) is 0 Å². The van der Waals surface area contributed by atoms with Crippen molar-refractivity contribution in [2.45, 2.75) is 18.9 Å². The van der Waals surface area contributed by atoms with Gasteiger partial charge in [0.2, 0.25) is 5.95 Å². The number of piperazine rings is 1.